The molecular weight excluding hydrogens is 372 g/mol. The number of benzene rings is 2. The predicted octanol–water partition coefficient (Wildman–Crippen LogP) is 3.97. The van der Waals surface area contributed by atoms with E-state index in [0.29, 0.717) is 19.0 Å². The molecule has 134 valence electrons. The van der Waals surface area contributed by atoms with Gasteiger partial charge in [-0.3, -0.25) is 4.79 Å². The zero-order chi connectivity index (χ0) is 16.6. The van der Waals surface area contributed by atoms with E-state index in [2.05, 4.69) is 34.9 Å². The normalized spacial score (nSPS) is 16.7. The average Bonchev–Trinajstić information content (AvgIpc) is 2.63. The summed E-state index contributed by atoms with van der Waals surface area (Å²) in [7, 11) is 0. The molecule has 0 radical (unpaired) electrons. The summed E-state index contributed by atoms with van der Waals surface area (Å²) < 4.78 is 0. The third kappa shape index (κ3) is 6.59. The zero-order valence-corrected chi connectivity index (χ0v) is 16.4. The molecule has 3 nitrogen and oxygen atoms in total. The second-order valence-corrected chi connectivity index (χ2v) is 7.99. The Bertz CT molecular complexity index is 663. The molecule has 1 aliphatic heterocycles. The van der Waals surface area contributed by atoms with E-state index < -0.39 is 0 Å². The Morgan fingerprint density at radius 2 is 1.92 bits per heavy atom. The lowest BCUT2D eigenvalue weighted by Crippen LogP contribution is -2.41. The highest BCUT2D eigenvalue weighted by atomic mass is 35.5. The van der Waals surface area contributed by atoms with Gasteiger partial charge in [-0.2, -0.15) is 11.8 Å². The maximum atomic E-state index is 12.2. The number of thioether (sulfide) groups is 1. The Balaban J connectivity index is 0.00000225. The van der Waals surface area contributed by atoms with Crippen LogP contribution in [0.1, 0.15) is 12.0 Å². The minimum Gasteiger partial charge on any atom is -0.352 e. The summed E-state index contributed by atoms with van der Waals surface area (Å²) in [5, 5.41) is 6.48. The van der Waals surface area contributed by atoms with Crippen molar-refractivity contribution in [3.63, 3.8) is 0 Å². The van der Waals surface area contributed by atoms with E-state index in [1.807, 2.05) is 42.1 Å². The first-order chi connectivity index (χ1) is 11.8. The van der Waals surface area contributed by atoms with Crippen LogP contribution in [-0.2, 0) is 11.3 Å². The fourth-order valence-electron chi connectivity index (χ4n) is 2.61. The van der Waals surface area contributed by atoms with E-state index in [1.54, 1.807) is 11.8 Å². The quantitative estimate of drug-likeness (QED) is 0.777. The van der Waals surface area contributed by atoms with E-state index in [4.69, 9.17) is 0 Å². The highest BCUT2D eigenvalue weighted by Gasteiger charge is 2.16. The highest BCUT2D eigenvalue weighted by Crippen LogP contribution is 2.30. The van der Waals surface area contributed by atoms with Crippen LogP contribution in [0.3, 0.4) is 0 Å². The molecule has 6 heteroatoms. The molecule has 1 heterocycles. The van der Waals surface area contributed by atoms with Gasteiger partial charge < -0.3 is 10.6 Å². The van der Waals surface area contributed by atoms with E-state index in [9.17, 15) is 4.79 Å². The number of carbonyl (C=O) groups excluding carboxylic acids is 1. The average molecular weight is 395 g/mol. The van der Waals surface area contributed by atoms with Crippen LogP contribution in [0.2, 0.25) is 0 Å². The zero-order valence-electron chi connectivity index (χ0n) is 13.9. The van der Waals surface area contributed by atoms with Crippen LogP contribution in [0.5, 0.6) is 0 Å². The molecular formula is C19H23ClN2OS2. The largest absolute Gasteiger partial charge is 0.352 e. The van der Waals surface area contributed by atoms with Gasteiger partial charge in [0.25, 0.3) is 0 Å². The van der Waals surface area contributed by atoms with Crippen LogP contribution >= 0.6 is 35.9 Å². The third-order valence-corrected chi connectivity index (χ3v) is 6.11. The first kappa shape index (κ1) is 20.2. The molecule has 1 atom stereocenters. The fourth-order valence-corrected chi connectivity index (χ4v) is 4.52. The Hall–Kier alpha value is -1.14. The van der Waals surface area contributed by atoms with Gasteiger partial charge in [-0.05, 0) is 23.8 Å². The molecule has 1 fully saturated rings. The standard InChI is InChI=1S/C19H22N2OS2.ClH/c22-19(12-16-14-23-11-10-20-16)21-13-15-6-4-5-9-18(15)24-17-7-2-1-3-8-17;/h1-9,16,20H,10-14H2,(H,21,22);1H. The monoisotopic (exact) mass is 394 g/mol. The van der Waals surface area contributed by atoms with Gasteiger partial charge in [0.15, 0.2) is 0 Å². The smallest absolute Gasteiger partial charge is 0.221 e. The lowest BCUT2D eigenvalue weighted by atomic mass is 10.2. The van der Waals surface area contributed by atoms with E-state index in [1.165, 1.54) is 9.79 Å². The molecule has 2 aromatic rings. The second-order valence-electron chi connectivity index (χ2n) is 5.73. The molecule has 3 rings (SSSR count). The first-order valence-electron chi connectivity index (χ1n) is 8.20. The van der Waals surface area contributed by atoms with Crippen LogP contribution < -0.4 is 10.6 Å². The molecule has 2 N–H and O–H groups in total. The molecule has 1 saturated heterocycles. The highest BCUT2D eigenvalue weighted by molar-refractivity contribution is 7.99. The van der Waals surface area contributed by atoms with Crippen LogP contribution in [0.25, 0.3) is 0 Å². The topological polar surface area (TPSA) is 41.1 Å². The summed E-state index contributed by atoms with van der Waals surface area (Å²) in [5.41, 5.74) is 1.16. The molecule has 0 spiro atoms. The van der Waals surface area contributed by atoms with Gasteiger partial charge in [0.2, 0.25) is 5.91 Å². The minimum atomic E-state index is 0. The van der Waals surface area contributed by atoms with E-state index in [-0.39, 0.29) is 18.3 Å². The number of amides is 1. The summed E-state index contributed by atoms with van der Waals surface area (Å²) in [6.45, 7) is 1.58. The molecule has 1 unspecified atom stereocenters. The van der Waals surface area contributed by atoms with Crippen molar-refractivity contribution in [3.05, 3.63) is 60.2 Å². The minimum absolute atomic E-state index is 0. The fraction of sp³-hybridized carbons (Fsp3) is 0.316. The van der Waals surface area contributed by atoms with Gasteiger partial charge in [0.1, 0.15) is 0 Å². The van der Waals surface area contributed by atoms with E-state index >= 15 is 0 Å². The molecule has 0 saturated carbocycles. The summed E-state index contributed by atoms with van der Waals surface area (Å²) in [6, 6.07) is 18.9. The summed E-state index contributed by atoms with van der Waals surface area (Å²) in [4.78, 5) is 14.6. The van der Waals surface area contributed by atoms with Crippen LogP contribution in [0.4, 0.5) is 0 Å². The number of nitrogens with one attached hydrogen (secondary N) is 2. The van der Waals surface area contributed by atoms with Crippen molar-refractivity contribution in [1.29, 1.82) is 0 Å². The summed E-state index contributed by atoms with van der Waals surface area (Å²) in [6.07, 6.45) is 0.557. The maximum absolute atomic E-state index is 12.2. The molecule has 2 aromatic carbocycles. The molecule has 1 aliphatic rings. The lowest BCUT2D eigenvalue weighted by molar-refractivity contribution is -0.121. The number of hydrogen-bond acceptors (Lipinski definition) is 4. The molecule has 1 amide bonds. The summed E-state index contributed by atoms with van der Waals surface area (Å²) in [5.74, 6) is 2.28. The van der Waals surface area contributed by atoms with Crippen molar-refractivity contribution >= 4 is 41.8 Å². The van der Waals surface area contributed by atoms with Crippen molar-refractivity contribution < 1.29 is 4.79 Å². The molecule has 25 heavy (non-hydrogen) atoms. The number of halogens is 1. The molecule has 0 aromatic heterocycles. The Kier molecular flexibility index (Phi) is 8.68. The Morgan fingerprint density at radius 3 is 2.68 bits per heavy atom. The maximum Gasteiger partial charge on any atom is 0.221 e. The SMILES string of the molecule is Cl.O=C(CC1CSCCN1)NCc1ccccc1Sc1ccccc1. The van der Waals surface area contributed by atoms with Gasteiger partial charge in [0, 0.05) is 46.8 Å². The number of rotatable bonds is 6. The Morgan fingerprint density at radius 1 is 1.16 bits per heavy atom. The van der Waals surface area contributed by atoms with E-state index in [0.717, 1.165) is 23.6 Å². The van der Waals surface area contributed by atoms with Crippen molar-refractivity contribution in [1.82, 2.24) is 10.6 Å². The van der Waals surface area contributed by atoms with Crippen molar-refractivity contribution in [3.8, 4) is 0 Å². The molecule has 0 bridgehead atoms. The Labute approximate surface area is 164 Å². The van der Waals surface area contributed by atoms with Gasteiger partial charge in [-0.15, -0.1) is 12.4 Å². The van der Waals surface area contributed by atoms with Crippen LogP contribution in [-0.4, -0.2) is 30.0 Å². The van der Waals surface area contributed by atoms with Crippen molar-refractivity contribution in [2.45, 2.75) is 28.8 Å². The summed E-state index contributed by atoms with van der Waals surface area (Å²) >= 11 is 3.65. The third-order valence-electron chi connectivity index (χ3n) is 3.85. The second kappa shape index (κ2) is 10.8. The lowest BCUT2D eigenvalue weighted by Gasteiger charge is -2.22. The van der Waals surface area contributed by atoms with Crippen molar-refractivity contribution in [2.24, 2.45) is 0 Å². The van der Waals surface area contributed by atoms with Gasteiger partial charge in [-0.25, -0.2) is 0 Å². The van der Waals surface area contributed by atoms with Crippen LogP contribution in [0, 0.1) is 0 Å². The number of hydrogen-bond donors (Lipinski definition) is 2. The van der Waals surface area contributed by atoms with Crippen LogP contribution in [0.15, 0.2) is 64.4 Å². The molecule has 0 aliphatic carbocycles. The van der Waals surface area contributed by atoms with Gasteiger partial charge in [0.05, 0.1) is 0 Å². The van der Waals surface area contributed by atoms with Gasteiger partial charge >= 0.3 is 0 Å². The van der Waals surface area contributed by atoms with Crippen molar-refractivity contribution in [2.75, 3.05) is 18.1 Å². The predicted molar refractivity (Wildman–Crippen MR) is 110 cm³/mol. The number of carbonyl (C=O) groups is 1. The first-order valence-corrected chi connectivity index (χ1v) is 10.2. The van der Waals surface area contributed by atoms with Gasteiger partial charge in [-0.1, -0.05) is 48.2 Å².